The number of halogens is 2. The van der Waals surface area contributed by atoms with Crippen LogP contribution in [0.4, 0.5) is 0 Å². The number of ether oxygens (including phenoxy) is 1. The lowest BCUT2D eigenvalue weighted by Gasteiger charge is -2.25. The van der Waals surface area contributed by atoms with Crippen LogP contribution in [0.25, 0.3) is 0 Å². The second kappa shape index (κ2) is 7.61. The average Bonchev–Trinajstić information content (AvgIpc) is 2.38. The molecule has 0 bridgehead atoms. The summed E-state index contributed by atoms with van der Waals surface area (Å²) in [5.41, 5.74) is 5.48. The summed E-state index contributed by atoms with van der Waals surface area (Å²) in [4.78, 5) is 23.4. The van der Waals surface area contributed by atoms with E-state index in [0.29, 0.717) is 5.56 Å². The zero-order chi connectivity index (χ0) is 14.6. The maximum absolute atomic E-state index is 12.1. The standard InChI is InChI=1S/C13H17BrN2O3.ClH/c1-8(11(17)19-3)16-12(18)13(2,15)9-4-6-10(14)7-5-9;/h4-8H,15H2,1-3H3,(H,16,18);1H. The molecule has 0 aromatic heterocycles. The Hall–Kier alpha value is -1.11. The first-order valence-electron chi connectivity index (χ1n) is 5.72. The molecular formula is C13H18BrClN2O3. The van der Waals surface area contributed by atoms with Crippen LogP contribution in [0.3, 0.4) is 0 Å². The van der Waals surface area contributed by atoms with Gasteiger partial charge in [-0.2, -0.15) is 0 Å². The molecule has 0 fully saturated rings. The van der Waals surface area contributed by atoms with Crippen molar-refractivity contribution in [1.29, 1.82) is 0 Å². The van der Waals surface area contributed by atoms with Crippen molar-refractivity contribution in [2.75, 3.05) is 7.11 Å². The van der Waals surface area contributed by atoms with E-state index in [2.05, 4.69) is 26.0 Å². The van der Waals surface area contributed by atoms with E-state index < -0.39 is 23.5 Å². The second-order valence-corrected chi connectivity index (χ2v) is 5.34. The van der Waals surface area contributed by atoms with E-state index in [4.69, 9.17) is 5.73 Å². The normalized spacial score (nSPS) is 14.4. The van der Waals surface area contributed by atoms with Gasteiger partial charge in [-0.15, -0.1) is 12.4 Å². The Morgan fingerprint density at radius 3 is 2.30 bits per heavy atom. The largest absolute Gasteiger partial charge is 0.467 e. The van der Waals surface area contributed by atoms with E-state index in [0.717, 1.165) is 4.47 Å². The molecule has 112 valence electrons. The highest BCUT2D eigenvalue weighted by Crippen LogP contribution is 2.20. The van der Waals surface area contributed by atoms with Gasteiger partial charge in [0.2, 0.25) is 5.91 Å². The first-order chi connectivity index (χ1) is 8.78. The lowest BCUT2D eigenvalue weighted by Crippen LogP contribution is -2.53. The molecule has 20 heavy (non-hydrogen) atoms. The van der Waals surface area contributed by atoms with Crippen molar-refractivity contribution in [1.82, 2.24) is 5.32 Å². The zero-order valence-corrected chi connectivity index (χ0v) is 13.9. The summed E-state index contributed by atoms with van der Waals surface area (Å²) in [5.74, 6) is -0.951. The Labute approximate surface area is 132 Å². The number of esters is 1. The lowest BCUT2D eigenvalue weighted by atomic mass is 9.92. The zero-order valence-electron chi connectivity index (χ0n) is 11.5. The summed E-state index contributed by atoms with van der Waals surface area (Å²) < 4.78 is 5.44. The van der Waals surface area contributed by atoms with Gasteiger partial charge in [0.1, 0.15) is 11.6 Å². The Kier molecular flexibility index (Phi) is 7.19. The molecule has 0 aliphatic carbocycles. The molecule has 0 saturated carbocycles. The topological polar surface area (TPSA) is 81.4 Å². The number of hydrogen-bond acceptors (Lipinski definition) is 4. The van der Waals surface area contributed by atoms with E-state index in [9.17, 15) is 9.59 Å². The summed E-state index contributed by atoms with van der Waals surface area (Å²) >= 11 is 3.32. The molecule has 2 atom stereocenters. The SMILES string of the molecule is COC(=O)C(C)NC(=O)C(C)(N)c1ccc(Br)cc1.Cl. The fraction of sp³-hybridized carbons (Fsp3) is 0.385. The highest BCUT2D eigenvalue weighted by Gasteiger charge is 2.32. The number of nitrogens with one attached hydrogen (secondary N) is 1. The predicted molar refractivity (Wildman–Crippen MR) is 82.6 cm³/mol. The number of nitrogens with two attached hydrogens (primary N) is 1. The monoisotopic (exact) mass is 364 g/mol. The molecular weight excluding hydrogens is 348 g/mol. The van der Waals surface area contributed by atoms with Gasteiger partial charge >= 0.3 is 5.97 Å². The number of amides is 1. The summed E-state index contributed by atoms with van der Waals surface area (Å²) in [6, 6.07) is 6.38. The van der Waals surface area contributed by atoms with Gasteiger partial charge in [-0.25, -0.2) is 4.79 Å². The van der Waals surface area contributed by atoms with Crippen molar-refractivity contribution in [3.63, 3.8) is 0 Å². The predicted octanol–water partition coefficient (Wildman–Crippen LogP) is 1.72. The molecule has 2 unspecified atom stereocenters. The minimum Gasteiger partial charge on any atom is -0.467 e. The van der Waals surface area contributed by atoms with E-state index in [1.54, 1.807) is 38.1 Å². The molecule has 0 aliphatic rings. The third kappa shape index (κ3) is 4.47. The molecule has 7 heteroatoms. The average molecular weight is 366 g/mol. The number of carbonyl (C=O) groups excluding carboxylic acids is 2. The van der Waals surface area contributed by atoms with Crippen molar-refractivity contribution in [3.05, 3.63) is 34.3 Å². The van der Waals surface area contributed by atoms with Crippen LogP contribution in [0, 0.1) is 0 Å². The smallest absolute Gasteiger partial charge is 0.328 e. The highest BCUT2D eigenvalue weighted by atomic mass is 79.9. The van der Waals surface area contributed by atoms with Crippen LogP contribution in [0.2, 0.25) is 0 Å². The summed E-state index contributed by atoms with van der Waals surface area (Å²) in [5, 5.41) is 2.53. The Morgan fingerprint density at radius 2 is 1.85 bits per heavy atom. The van der Waals surface area contributed by atoms with Crippen LogP contribution in [0.1, 0.15) is 19.4 Å². The van der Waals surface area contributed by atoms with Crippen molar-refractivity contribution < 1.29 is 14.3 Å². The first-order valence-corrected chi connectivity index (χ1v) is 6.52. The Balaban J connectivity index is 0.00000361. The summed E-state index contributed by atoms with van der Waals surface area (Å²) in [6.45, 7) is 3.14. The Bertz CT molecular complexity index is 477. The third-order valence-electron chi connectivity index (χ3n) is 2.82. The van der Waals surface area contributed by atoms with Gasteiger partial charge in [0.15, 0.2) is 0 Å². The molecule has 0 spiro atoms. The molecule has 0 radical (unpaired) electrons. The fourth-order valence-electron chi connectivity index (χ4n) is 1.51. The molecule has 3 N–H and O–H groups in total. The van der Waals surface area contributed by atoms with Crippen molar-refractivity contribution in [3.8, 4) is 0 Å². The lowest BCUT2D eigenvalue weighted by molar-refractivity contribution is -0.145. The van der Waals surface area contributed by atoms with Gasteiger partial charge in [-0.1, -0.05) is 28.1 Å². The number of rotatable bonds is 4. The van der Waals surface area contributed by atoms with Gasteiger partial charge in [0.25, 0.3) is 0 Å². The molecule has 0 aliphatic heterocycles. The highest BCUT2D eigenvalue weighted by molar-refractivity contribution is 9.10. The molecule has 1 aromatic rings. The number of hydrogen-bond donors (Lipinski definition) is 2. The quantitative estimate of drug-likeness (QED) is 0.796. The van der Waals surface area contributed by atoms with E-state index in [1.807, 2.05) is 0 Å². The van der Waals surface area contributed by atoms with Crippen molar-refractivity contribution >= 4 is 40.2 Å². The van der Waals surface area contributed by atoms with Crippen LogP contribution >= 0.6 is 28.3 Å². The maximum Gasteiger partial charge on any atom is 0.328 e. The number of benzene rings is 1. The van der Waals surface area contributed by atoms with E-state index >= 15 is 0 Å². The van der Waals surface area contributed by atoms with Crippen LogP contribution in [0.15, 0.2) is 28.7 Å². The second-order valence-electron chi connectivity index (χ2n) is 4.43. The fourth-order valence-corrected chi connectivity index (χ4v) is 1.77. The number of carbonyl (C=O) groups is 2. The molecule has 5 nitrogen and oxygen atoms in total. The summed E-state index contributed by atoms with van der Waals surface area (Å²) in [7, 11) is 1.27. The minimum absolute atomic E-state index is 0. The van der Waals surface area contributed by atoms with Crippen LogP contribution < -0.4 is 11.1 Å². The van der Waals surface area contributed by atoms with Crippen LogP contribution in [-0.2, 0) is 19.9 Å². The van der Waals surface area contributed by atoms with Crippen LogP contribution in [0.5, 0.6) is 0 Å². The number of methoxy groups -OCH3 is 1. The van der Waals surface area contributed by atoms with Crippen LogP contribution in [-0.4, -0.2) is 25.0 Å². The first kappa shape index (κ1) is 18.9. The van der Waals surface area contributed by atoms with E-state index in [-0.39, 0.29) is 12.4 Å². The minimum atomic E-state index is -1.22. The van der Waals surface area contributed by atoms with Gasteiger partial charge in [0, 0.05) is 4.47 Å². The van der Waals surface area contributed by atoms with E-state index in [1.165, 1.54) is 7.11 Å². The Morgan fingerprint density at radius 1 is 1.35 bits per heavy atom. The van der Waals surface area contributed by atoms with Gasteiger partial charge in [-0.05, 0) is 31.5 Å². The molecule has 1 rings (SSSR count). The molecule has 1 aromatic carbocycles. The van der Waals surface area contributed by atoms with Crippen molar-refractivity contribution in [2.45, 2.75) is 25.4 Å². The summed E-state index contributed by atoms with van der Waals surface area (Å²) in [6.07, 6.45) is 0. The third-order valence-corrected chi connectivity index (χ3v) is 3.35. The molecule has 0 heterocycles. The van der Waals surface area contributed by atoms with Crippen molar-refractivity contribution in [2.24, 2.45) is 5.73 Å². The van der Waals surface area contributed by atoms with Gasteiger partial charge in [0.05, 0.1) is 7.11 Å². The molecule has 1 amide bonds. The maximum atomic E-state index is 12.1. The molecule has 0 saturated heterocycles. The van der Waals surface area contributed by atoms with Gasteiger partial charge in [-0.3, -0.25) is 4.79 Å². The van der Waals surface area contributed by atoms with Gasteiger partial charge < -0.3 is 15.8 Å².